The van der Waals surface area contributed by atoms with Gasteiger partial charge in [-0.25, -0.2) is 0 Å². The van der Waals surface area contributed by atoms with Crippen LogP contribution in [0.3, 0.4) is 0 Å². The summed E-state index contributed by atoms with van der Waals surface area (Å²) >= 11 is 3.78. The van der Waals surface area contributed by atoms with Crippen molar-refractivity contribution in [1.29, 1.82) is 0 Å². The van der Waals surface area contributed by atoms with Crippen LogP contribution in [0.25, 0.3) is 228 Å². The molecule has 0 saturated carbocycles. The quantitative estimate of drug-likeness (QED) is 0.149. The van der Waals surface area contributed by atoms with Crippen LogP contribution in [0.1, 0.15) is 25.0 Å². The summed E-state index contributed by atoms with van der Waals surface area (Å²) in [7, 11) is 0. The van der Waals surface area contributed by atoms with Gasteiger partial charge >= 0.3 is 0 Å². The third-order valence-corrected chi connectivity index (χ3v) is 27.9. The van der Waals surface area contributed by atoms with E-state index in [1.165, 1.54) is 206 Å². The van der Waals surface area contributed by atoms with E-state index in [9.17, 15) is 0 Å². The Morgan fingerprint density at radius 3 is 1.13 bits per heavy atom. The first kappa shape index (κ1) is 66.8. The summed E-state index contributed by atoms with van der Waals surface area (Å²) in [5.74, 6) is 0. The van der Waals surface area contributed by atoms with Crippen molar-refractivity contribution in [3.63, 3.8) is 0 Å². The van der Waals surface area contributed by atoms with Gasteiger partial charge in [0.1, 0.15) is 11.2 Å². The summed E-state index contributed by atoms with van der Waals surface area (Å²) in [6.45, 7) is 4.75. The number of hydrogen-bond acceptors (Lipinski definition) is 3. The van der Waals surface area contributed by atoms with E-state index >= 15 is 0 Å². The third-order valence-electron chi connectivity index (χ3n) is 25.4. The maximum atomic E-state index is 6.28. The topological polar surface area (TPSA) is 32.9 Å². The Kier molecular flexibility index (Phi) is 14.5. The lowest BCUT2D eigenvalue weighted by molar-refractivity contribution is 0.660. The van der Waals surface area contributed by atoms with Crippen LogP contribution in [0.15, 0.2) is 393 Å². The molecule has 7 heteroatoms. The minimum atomic E-state index is -0.0850. The number of hydrogen-bond donors (Lipinski definition) is 0. The van der Waals surface area contributed by atoms with Crippen LogP contribution in [0.5, 0.6) is 0 Å². The molecule has 552 valence electrons. The molecule has 5 nitrogen and oxygen atoms in total. The fraction of sp³-hybridized carbons (Fsp3) is 0.0270. The Labute approximate surface area is 686 Å². The number of thiophene rings is 2. The minimum absolute atomic E-state index is 0.0850. The van der Waals surface area contributed by atoms with Crippen LogP contribution < -0.4 is 0 Å². The molecule has 0 amide bonds. The van der Waals surface area contributed by atoms with Gasteiger partial charge in [-0.05, 0) is 189 Å². The summed E-state index contributed by atoms with van der Waals surface area (Å²) in [5.41, 5.74) is 31.3. The van der Waals surface area contributed by atoms with Crippen molar-refractivity contribution < 1.29 is 4.42 Å². The zero-order valence-corrected chi connectivity index (χ0v) is 66.1. The molecule has 18 aromatic carbocycles. The van der Waals surface area contributed by atoms with Crippen molar-refractivity contribution in [1.82, 2.24) is 18.3 Å². The van der Waals surface area contributed by atoms with Crippen molar-refractivity contribution in [2.75, 3.05) is 0 Å². The van der Waals surface area contributed by atoms with E-state index in [2.05, 4.69) is 414 Å². The van der Waals surface area contributed by atoms with Gasteiger partial charge in [-0.3, -0.25) is 0 Å². The molecular weight excluding hydrogens is 1470 g/mol. The Morgan fingerprint density at radius 2 is 0.585 bits per heavy atom. The highest BCUT2D eigenvalue weighted by molar-refractivity contribution is 7.26. The van der Waals surface area contributed by atoms with E-state index in [1.807, 2.05) is 28.7 Å². The zero-order chi connectivity index (χ0) is 77.6. The van der Waals surface area contributed by atoms with E-state index in [0.717, 1.165) is 33.3 Å². The molecule has 0 unspecified atom stereocenters. The summed E-state index contributed by atoms with van der Waals surface area (Å²) in [6, 6.07) is 143. The molecular formula is C111H70N4OS2. The molecule has 7 aromatic heterocycles. The van der Waals surface area contributed by atoms with Crippen molar-refractivity contribution >= 4 is 172 Å². The molecule has 0 spiro atoms. The van der Waals surface area contributed by atoms with Crippen LogP contribution in [-0.2, 0) is 5.41 Å². The number of benzene rings is 18. The van der Waals surface area contributed by atoms with Gasteiger partial charge in [0.05, 0.1) is 44.1 Å². The molecule has 0 radical (unpaired) electrons. The van der Waals surface area contributed by atoms with Gasteiger partial charge in [0, 0.05) is 133 Å². The van der Waals surface area contributed by atoms with E-state index in [-0.39, 0.29) is 5.41 Å². The first-order valence-electron chi connectivity index (χ1n) is 40.6. The van der Waals surface area contributed by atoms with E-state index in [1.54, 1.807) is 0 Å². The van der Waals surface area contributed by atoms with Crippen molar-refractivity contribution in [3.05, 3.63) is 399 Å². The van der Waals surface area contributed by atoms with E-state index in [4.69, 9.17) is 4.42 Å². The number of para-hydroxylation sites is 7. The van der Waals surface area contributed by atoms with E-state index < -0.39 is 0 Å². The van der Waals surface area contributed by atoms with Crippen molar-refractivity contribution in [3.8, 4) is 78.4 Å². The monoisotopic (exact) mass is 1540 g/mol. The number of fused-ring (bicyclic) bond motifs is 24. The van der Waals surface area contributed by atoms with Crippen LogP contribution in [-0.4, -0.2) is 18.3 Å². The summed E-state index contributed by atoms with van der Waals surface area (Å²) < 4.78 is 21.3. The molecule has 25 aromatic rings. The molecule has 0 saturated heterocycles. The molecule has 7 heterocycles. The molecule has 26 rings (SSSR count). The molecule has 0 fully saturated rings. The molecule has 1 aliphatic rings. The lowest BCUT2D eigenvalue weighted by Gasteiger charge is -2.22. The summed E-state index contributed by atoms with van der Waals surface area (Å²) in [5, 5.41) is 17.5. The van der Waals surface area contributed by atoms with Crippen LogP contribution in [0.4, 0.5) is 0 Å². The van der Waals surface area contributed by atoms with Gasteiger partial charge in [0.25, 0.3) is 0 Å². The number of furan rings is 1. The minimum Gasteiger partial charge on any atom is -0.456 e. The maximum absolute atomic E-state index is 6.28. The zero-order valence-electron chi connectivity index (χ0n) is 64.5. The molecule has 0 atom stereocenters. The number of nitrogens with zero attached hydrogens (tertiary/aromatic N) is 4. The molecule has 1 aliphatic carbocycles. The second-order valence-electron chi connectivity index (χ2n) is 32.1. The van der Waals surface area contributed by atoms with Gasteiger partial charge in [0.15, 0.2) is 0 Å². The largest absolute Gasteiger partial charge is 0.456 e. The van der Waals surface area contributed by atoms with Crippen LogP contribution in [0, 0.1) is 0 Å². The Morgan fingerprint density at radius 1 is 0.212 bits per heavy atom. The van der Waals surface area contributed by atoms with Gasteiger partial charge in [-0.1, -0.05) is 269 Å². The van der Waals surface area contributed by atoms with Gasteiger partial charge in [-0.2, -0.15) is 0 Å². The smallest absolute Gasteiger partial charge is 0.135 e. The molecule has 0 bridgehead atoms. The lowest BCUT2D eigenvalue weighted by Crippen LogP contribution is -2.14. The van der Waals surface area contributed by atoms with Crippen molar-refractivity contribution in [2.45, 2.75) is 19.3 Å². The number of aromatic nitrogens is 4. The second kappa shape index (κ2) is 25.7. The average Bonchev–Trinajstić information content (AvgIpc) is 1.56. The normalized spacial score (nSPS) is 12.7. The number of rotatable bonds is 8. The third kappa shape index (κ3) is 9.89. The average molecular weight is 1540 g/mol. The second-order valence-corrected chi connectivity index (χ2v) is 34.2. The Balaban J connectivity index is 0.000000132. The molecule has 0 N–H and O–H groups in total. The predicted molar refractivity (Wildman–Crippen MR) is 503 cm³/mol. The SMILES string of the molecule is CC1(C)c2ccccc2-c2ccc(-c3cc(-n4c5ccccc5c5ccc(-c6cccc7c6c6ccccc6n7-c6ccccc6)cc54)cc4c3sc3ccccc34)cc21.c1ccc(-n2c3ccccc3c3c(-c4ccc5c6ccccc6n(-c6cc(-c7ccc8oc9ccccc9c8c7)c7sc8ccccc8c7c6)c5c4)cccc32)cc1. The standard InChI is InChI=1S/C57H38N2S.C54H32N2OS/c1-57(2)48-22-10-6-17-40(48)41-29-27-35(31-49(41)57)46-33-38(34-47-44-19-9-13-26-54(44)60-56(46)47)59-50-23-11-7-18-42(50)43-30-28-36(32-53(43)59)39-21-14-25-52-55(39)45-20-8-12-24-51(45)58(52)37-15-4-3-5-16-37;1-2-13-35(14-3-1)55-47-21-9-5-18-42(47)53-37(19-12-22-48(53)55)34-25-27-39-38-15-4-8-20-46(38)56(49(39)30-34)36-31-43(54-45(32-36)41-17-7-11-24-52(41)58-54)33-26-28-51-44(29-33)40-16-6-10-23-50(40)57-51/h3-34H,1-2H3;1-32H. The Hall–Kier alpha value is -14.6. The summed E-state index contributed by atoms with van der Waals surface area (Å²) in [6.07, 6.45) is 0. The molecule has 118 heavy (non-hydrogen) atoms. The fourth-order valence-electron chi connectivity index (χ4n) is 20.1. The van der Waals surface area contributed by atoms with Gasteiger partial charge in [-0.15, -0.1) is 22.7 Å². The van der Waals surface area contributed by atoms with Gasteiger partial charge in [0.2, 0.25) is 0 Å². The Bertz CT molecular complexity index is 8550. The summed E-state index contributed by atoms with van der Waals surface area (Å²) in [4.78, 5) is 0. The maximum Gasteiger partial charge on any atom is 0.135 e. The highest BCUT2D eigenvalue weighted by atomic mass is 32.1. The predicted octanol–water partition coefficient (Wildman–Crippen LogP) is 31.4. The fourth-order valence-corrected chi connectivity index (χ4v) is 22.6. The lowest BCUT2D eigenvalue weighted by atomic mass is 9.81. The van der Waals surface area contributed by atoms with Crippen molar-refractivity contribution in [2.24, 2.45) is 0 Å². The molecule has 0 aliphatic heterocycles. The highest BCUT2D eigenvalue weighted by Gasteiger charge is 2.36. The first-order valence-corrected chi connectivity index (χ1v) is 42.2. The first-order chi connectivity index (χ1) is 58.3. The van der Waals surface area contributed by atoms with E-state index in [0.29, 0.717) is 0 Å². The highest BCUT2D eigenvalue weighted by Crippen LogP contribution is 2.53. The van der Waals surface area contributed by atoms with Crippen LogP contribution in [0.2, 0.25) is 0 Å². The van der Waals surface area contributed by atoms with Crippen LogP contribution >= 0.6 is 22.7 Å². The van der Waals surface area contributed by atoms with Gasteiger partial charge < -0.3 is 22.7 Å².